The summed E-state index contributed by atoms with van der Waals surface area (Å²) in [6, 6.07) is 3.82. The number of piperidine rings is 1. The van der Waals surface area contributed by atoms with Gasteiger partial charge in [0, 0.05) is 12.1 Å². The Labute approximate surface area is 118 Å². The predicted molar refractivity (Wildman–Crippen MR) is 73.2 cm³/mol. The highest BCUT2D eigenvalue weighted by Gasteiger charge is 2.32. The van der Waals surface area contributed by atoms with Gasteiger partial charge in [-0.1, -0.05) is 6.92 Å². The van der Waals surface area contributed by atoms with E-state index in [0.29, 0.717) is 36.7 Å². The Morgan fingerprint density at radius 3 is 2.95 bits per heavy atom. The smallest absolute Gasteiger partial charge is 0.320 e. The highest BCUT2D eigenvalue weighted by atomic mass is 19.1. The van der Waals surface area contributed by atoms with Crippen molar-refractivity contribution in [2.24, 2.45) is 5.92 Å². The van der Waals surface area contributed by atoms with Crippen molar-refractivity contribution < 1.29 is 19.0 Å². The molecule has 1 heterocycles. The molecular formula is C15H20FNO3. The van der Waals surface area contributed by atoms with Crippen LogP contribution in [0.25, 0.3) is 0 Å². The molecule has 1 aliphatic heterocycles. The van der Waals surface area contributed by atoms with Crippen LogP contribution in [0.2, 0.25) is 0 Å². The van der Waals surface area contributed by atoms with Crippen molar-refractivity contribution >= 4 is 5.97 Å². The Balaban J connectivity index is 2.19. The van der Waals surface area contributed by atoms with E-state index in [9.17, 15) is 14.3 Å². The maximum atomic E-state index is 13.4. The van der Waals surface area contributed by atoms with E-state index >= 15 is 0 Å². The van der Waals surface area contributed by atoms with Crippen LogP contribution in [0.3, 0.4) is 0 Å². The van der Waals surface area contributed by atoms with Gasteiger partial charge in [-0.05, 0) is 43.5 Å². The maximum absolute atomic E-state index is 13.4. The summed E-state index contributed by atoms with van der Waals surface area (Å²) in [6.45, 7) is 3.17. The van der Waals surface area contributed by atoms with E-state index in [1.165, 1.54) is 19.2 Å². The average Bonchev–Trinajstić information content (AvgIpc) is 2.41. The molecule has 1 aromatic carbocycles. The molecule has 1 aliphatic rings. The number of halogens is 1. The molecule has 2 unspecified atom stereocenters. The zero-order chi connectivity index (χ0) is 14.7. The number of carboxylic acids is 1. The average molecular weight is 281 g/mol. The molecule has 2 atom stereocenters. The van der Waals surface area contributed by atoms with Gasteiger partial charge in [-0.15, -0.1) is 0 Å². The van der Waals surface area contributed by atoms with Gasteiger partial charge < -0.3 is 9.84 Å². The first-order chi connectivity index (χ1) is 9.51. The molecule has 0 bridgehead atoms. The molecule has 0 spiro atoms. The van der Waals surface area contributed by atoms with E-state index in [-0.39, 0.29) is 5.82 Å². The fourth-order valence-electron chi connectivity index (χ4n) is 2.73. The highest BCUT2D eigenvalue weighted by Crippen LogP contribution is 2.27. The number of carbonyl (C=O) groups is 1. The summed E-state index contributed by atoms with van der Waals surface area (Å²) in [6.07, 6.45) is 1.59. The Morgan fingerprint density at radius 2 is 2.30 bits per heavy atom. The van der Waals surface area contributed by atoms with E-state index in [1.54, 1.807) is 6.07 Å². The van der Waals surface area contributed by atoms with Crippen LogP contribution in [0.4, 0.5) is 4.39 Å². The third kappa shape index (κ3) is 3.28. The first-order valence-electron chi connectivity index (χ1n) is 6.80. The molecule has 110 valence electrons. The molecule has 0 aromatic heterocycles. The van der Waals surface area contributed by atoms with Crippen molar-refractivity contribution in [3.8, 4) is 5.75 Å². The van der Waals surface area contributed by atoms with Gasteiger partial charge >= 0.3 is 5.97 Å². The van der Waals surface area contributed by atoms with Crippen LogP contribution >= 0.6 is 0 Å². The van der Waals surface area contributed by atoms with Gasteiger partial charge in [0.15, 0.2) is 0 Å². The Hall–Kier alpha value is -1.62. The summed E-state index contributed by atoms with van der Waals surface area (Å²) < 4.78 is 18.6. The topological polar surface area (TPSA) is 49.8 Å². The van der Waals surface area contributed by atoms with Crippen LogP contribution in [-0.4, -0.2) is 35.7 Å². The number of nitrogens with zero attached hydrogens (tertiary/aromatic N) is 1. The zero-order valence-electron chi connectivity index (χ0n) is 11.8. The molecule has 0 radical (unpaired) electrons. The lowest BCUT2D eigenvalue weighted by molar-refractivity contribution is -0.145. The third-order valence-corrected chi connectivity index (χ3v) is 3.88. The summed E-state index contributed by atoms with van der Waals surface area (Å²) in [5.41, 5.74) is 0.688. The predicted octanol–water partition coefficient (Wildman–Crippen LogP) is 2.52. The second-order valence-corrected chi connectivity index (χ2v) is 5.41. The molecule has 20 heavy (non-hydrogen) atoms. The second-order valence-electron chi connectivity index (χ2n) is 5.41. The van der Waals surface area contributed by atoms with E-state index < -0.39 is 12.0 Å². The van der Waals surface area contributed by atoms with Crippen molar-refractivity contribution in [3.63, 3.8) is 0 Å². The molecule has 1 aromatic rings. The minimum Gasteiger partial charge on any atom is -0.496 e. The Bertz CT molecular complexity index is 492. The largest absolute Gasteiger partial charge is 0.496 e. The number of hydrogen-bond donors (Lipinski definition) is 1. The zero-order valence-corrected chi connectivity index (χ0v) is 11.8. The molecule has 0 aliphatic carbocycles. The van der Waals surface area contributed by atoms with E-state index in [1.807, 2.05) is 4.90 Å². The van der Waals surface area contributed by atoms with Gasteiger partial charge in [-0.25, -0.2) is 4.39 Å². The number of hydrogen-bond acceptors (Lipinski definition) is 3. The third-order valence-electron chi connectivity index (χ3n) is 3.88. The quantitative estimate of drug-likeness (QED) is 0.921. The number of ether oxygens (including phenoxy) is 1. The van der Waals surface area contributed by atoms with Crippen molar-refractivity contribution in [1.82, 2.24) is 4.90 Å². The van der Waals surface area contributed by atoms with E-state index in [2.05, 4.69) is 6.92 Å². The number of carboxylic acid groups (broad SMARTS) is 1. The normalized spacial score (nSPS) is 23.6. The number of benzene rings is 1. The van der Waals surface area contributed by atoms with E-state index in [0.717, 1.165) is 6.42 Å². The molecule has 5 heteroatoms. The Morgan fingerprint density at radius 1 is 1.55 bits per heavy atom. The monoisotopic (exact) mass is 281 g/mol. The number of rotatable bonds is 4. The lowest BCUT2D eigenvalue weighted by atomic mass is 9.92. The summed E-state index contributed by atoms with van der Waals surface area (Å²) >= 11 is 0. The number of aliphatic carboxylic acids is 1. The maximum Gasteiger partial charge on any atom is 0.320 e. The number of likely N-dealkylation sites (tertiary alicyclic amines) is 1. The van der Waals surface area contributed by atoms with Crippen LogP contribution in [0.15, 0.2) is 18.2 Å². The summed E-state index contributed by atoms with van der Waals surface area (Å²) in [5, 5.41) is 9.34. The van der Waals surface area contributed by atoms with Gasteiger partial charge in [-0.2, -0.15) is 0 Å². The molecule has 1 N–H and O–H groups in total. The minimum absolute atomic E-state index is 0.335. The summed E-state index contributed by atoms with van der Waals surface area (Å²) in [4.78, 5) is 13.3. The van der Waals surface area contributed by atoms with Crippen molar-refractivity contribution in [1.29, 1.82) is 0 Å². The van der Waals surface area contributed by atoms with Crippen LogP contribution in [0.5, 0.6) is 5.75 Å². The molecule has 1 fully saturated rings. The van der Waals surface area contributed by atoms with Gasteiger partial charge in [0.2, 0.25) is 0 Å². The molecule has 0 saturated carbocycles. The first-order valence-corrected chi connectivity index (χ1v) is 6.80. The fraction of sp³-hybridized carbons (Fsp3) is 0.533. The SMILES string of the molecule is COc1ccc(F)cc1CN1CCC(C)CC1C(=O)O. The van der Waals surface area contributed by atoms with Crippen molar-refractivity contribution in [2.75, 3.05) is 13.7 Å². The minimum atomic E-state index is -0.813. The van der Waals surface area contributed by atoms with Crippen LogP contribution in [0, 0.1) is 11.7 Å². The molecular weight excluding hydrogens is 261 g/mol. The Kier molecular flexibility index (Phi) is 4.60. The highest BCUT2D eigenvalue weighted by molar-refractivity contribution is 5.73. The fourth-order valence-corrected chi connectivity index (χ4v) is 2.73. The molecule has 0 amide bonds. The van der Waals surface area contributed by atoms with Crippen LogP contribution in [0.1, 0.15) is 25.3 Å². The standard InChI is InChI=1S/C15H20FNO3/c1-10-5-6-17(13(7-10)15(18)19)9-11-8-12(16)3-4-14(11)20-2/h3-4,8,10,13H,5-7,9H2,1-2H3,(H,18,19). The molecule has 1 saturated heterocycles. The lowest BCUT2D eigenvalue weighted by Crippen LogP contribution is -2.46. The molecule has 4 nitrogen and oxygen atoms in total. The van der Waals surface area contributed by atoms with Gasteiger partial charge in [-0.3, -0.25) is 9.69 Å². The van der Waals surface area contributed by atoms with Crippen LogP contribution < -0.4 is 4.74 Å². The van der Waals surface area contributed by atoms with Gasteiger partial charge in [0.1, 0.15) is 17.6 Å². The van der Waals surface area contributed by atoms with Crippen molar-refractivity contribution in [2.45, 2.75) is 32.4 Å². The summed E-state index contributed by atoms with van der Waals surface area (Å²) in [7, 11) is 1.53. The van der Waals surface area contributed by atoms with Gasteiger partial charge in [0.25, 0.3) is 0 Å². The van der Waals surface area contributed by atoms with E-state index in [4.69, 9.17) is 4.74 Å². The number of methoxy groups -OCH3 is 1. The van der Waals surface area contributed by atoms with Crippen molar-refractivity contribution in [3.05, 3.63) is 29.6 Å². The lowest BCUT2D eigenvalue weighted by Gasteiger charge is -2.36. The van der Waals surface area contributed by atoms with Gasteiger partial charge in [0.05, 0.1) is 7.11 Å². The second kappa shape index (κ2) is 6.22. The molecule has 2 rings (SSSR count). The summed E-state index contributed by atoms with van der Waals surface area (Å²) in [5.74, 6) is -0.152. The van der Waals surface area contributed by atoms with Crippen LogP contribution in [-0.2, 0) is 11.3 Å². The first kappa shape index (κ1) is 14.8.